The Kier molecular flexibility index (Phi) is 5.24. The minimum Gasteiger partial charge on any atom is -0.491 e. The minimum atomic E-state index is 0.0173. The molecule has 0 spiro atoms. The average Bonchev–Trinajstić information content (AvgIpc) is 3.25. The molecule has 0 radical (unpaired) electrons. The van der Waals surface area contributed by atoms with Gasteiger partial charge in [-0.2, -0.15) is 0 Å². The van der Waals surface area contributed by atoms with Crippen LogP contribution in [0.3, 0.4) is 0 Å². The largest absolute Gasteiger partial charge is 0.491 e. The summed E-state index contributed by atoms with van der Waals surface area (Å²) in [6.45, 7) is 1.95. The minimum absolute atomic E-state index is 0.0173. The van der Waals surface area contributed by atoms with Crippen molar-refractivity contribution in [3.8, 4) is 5.75 Å². The molecule has 0 aliphatic heterocycles. The molecule has 20 heavy (non-hydrogen) atoms. The third kappa shape index (κ3) is 4.74. The Morgan fingerprint density at radius 1 is 1.45 bits per heavy atom. The molecule has 0 saturated heterocycles. The summed E-state index contributed by atoms with van der Waals surface area (Å²) in [5.41, 5.74) is 6.35. The third-order valence-corrected chi connectivity index (χ3v) is 3.46. The van der Waals surface area contributed by atoms with Crippen molar-refractivity contribution in [2.45, 2.75) is 25.3 Å². The van der Waals surface area contributed by atoms with E-state index < -0.39 is 0 Å². The quantitative estimate of drug-likeness (QED) is 0.702. The smallest absolute Gasteiger partial charge is 0.223 e. The maximum absolute atomic E-state index is 11.6. The van der Waals surface area contributed by atoms with Gasteiger partial charge in [0.15, 0.2) is 0 Å². The molecule has 0 aromatic heterocycles. The molecule has 5 nitrogen and oxygen atoms in total. The van der Waals surface area contributed by atoms with Gasteiger partial charge < -0.3 is 20.7 Å². The van der Waals surface area contributed by atoms with E-state index in [2.05, 4.69) is 17.3 Å². The van der Waals surface area contributed by atoms with Gasteiger partial charge in [0.2, 0.25) is 5.91 Å². The molecule has 1 aromatic rings. The number of likely N-dealkylation sites (N-methyl/N-ethyl adjacent to an activating group) is 1. The number of nitrogens with two attached hydrogens (primary N) is 1. The van der Waals surface area contributed by atoms with Crippen molar-refractivity contribution in [2.75, 3.05) is 32.5 Å². The SMILES string of the molecule is CN(CCNC(=O)CCOc1ccccc1N)C1CC1. The molecule has 0 heterocycles. The molecule has 1 saturated carbocycles. The molecule has 0 bridgehead atoms. The monoisotopic (exact) mass is 277 g/mol. The zero-order valence-electron chi connectivity index (χ0n) is 12.0. The number of nitrogens with one attached hydrogen (secondary N) is 1. The predicted octanol–water partition coefficient (Wildman–Crippen LogP) is 1.25. The van der Waals surface area contributed by atoms with Crippen molar-refractivity contribution >= 4 is 11.6 Å². The van der Waals surface area contributed by atoms with Gasteiger partial charge in [0.25, 0.3) is 0 Å². The number of carbonyl (C=O) groups excluding carboxylic acids is 1. The molecule has 0 atom stereocenters. The van der Waals surface area contributed by atoms with Crippen LogP contribution in [0.15, 0.2) is 24.3 Å². The summed E-state index contributed by atoms with van der Waals surface area (Å²) < 4.78 is 5.49. The number of hydrogen-bond donors (Lipinski definition) is 2. The van der Waals surface area contributed by atoms with Crippen LogP contribution in [-0.4, -0.2) is 43.6 Å². The van der Waals surface area contributed by atoms with Crippen molar-refractivity contribution in [3.05, 3.63) is 24.3 Å². The second kappa shape index (κ2) is 7.14. The number of amides is 1. The molecule has 1 aliphatic rings. The molecular formula is C15H23N3O2. The predicted molar refractivity (Wildman–Crippen MR) is 79.6 cm³/mol. The van der Waals surface area contributed by atoms with Crippen molar-refractivity contribution in [2.24, 2.45) is 0 Å². The van der Waals surface area contributed by atoms with E-state index in [1.54, 1.807) is 12.1 Å². The number of nitrogens with zero attached hydrogens (tertiary/aromatic N) is 1. The lowest BCUT2D eigenvalue weighted by molar-refractivity contribution is -0.121. The molecule has 5 heteroatoms. The van der Waals surface area contributed by atoms with Crippen LogP contribution in [0.25, 0.3) is 0 Å². The summed E-state index contributed by atoms with van der Waals surface area (Å²) in [5.74, 6) is 0.650. The topological polar surface area (TPSA) is 67.6 Å². The summed E-state index contributed by atoms with van der Waals surface area (Å²) >= 11 is 0. The van der Waals surface area contributed by atoms with Crippen molar-refractivity contribution in [1.82, 2.24) is 10.2 Å². The van der Waals surface area contributed by atoms with Crippen LogP contribution in [0.2, 0.25) is 0 Å². The van der Waals surface area contributed by atoms with E-state index in [0.717, 1.165) is 12.6 Å². The fourth-order valence-corrected chi connectivity index (χ4v) is 2.02. The van der Waals surface area contributed by atoms with Gasteiger partial charge in [-0.1, -0.05) is 12.1 Å². The van der Waals surface area contributed by atoms with Crippen molar-refractivity contribution in [3.63, 3.8) is 0 Å². The standard InChI is InChI=1S/C15H23N3O2/c1-18(12-6-7-12)10-9-17-15(19)8-11-20-14-5-3-2-4-13(14)16/h2-5,12H,6-11,16H2,1H3,(H,17,19). The molecule has 110 valence electrons. The lowest BCUT2D eigenvalue weighted by Crippen LogP contribution is -2.34. The number of rotatable bonds is 8. The van der Waals surface area contributed by atoms with Crippen LogP contribution >= 0.6 is 0 Å². The molecular weight excluding hydrogens is 254 g/mol. The van der Waals surface area contributed by atoms with E-state index in [1.807, 2.05) is 12.1 Å². The van der Waals surface area contributed by atoms with Crippen LogP contribution in [0.4, 0.5) is 5.69 Å². The Labute approximate surface area is 120 Å². The second-order valence-electron chi connectivity index (χ2n) is 5.20. The molecule has 3 N–H and O–H groups in total. The molecule has 2 rings (SSSR count). The van der Waals surface area contributed by atoms with E-state index in [4.69, 9.17) is 10.5 Å². The maximum Gasteiger partial charge on any atom is 0.223 e. The van der Waals surface area contributed by atoms with Crippen molar-refractivity contribution in [1.29, 1.82) is 0 Å². The summed E-state index contributed by atoms with van der Waals surface area (Å²) in [6.07, 6.45) is 2.93. The Morgan fingerprint density at radius 2 is 2.20 bits per heavy atom. The molecule has 1 aliphatic carbocycles. The lowest BCUT2D eigenvalue weighted by atomic mass is 10.3. The Balaban J connectivity index is 1.57. The highest BCUT2D eigenvalue weighted by molar-refractivity contribution is 5.76. The molecule has 0 unspecified atom stereocenters. The lowest BCUT2D eigenvalue weighted by Gasteiger charge is -2.15. The second-order valence-corrected chi connectivity index (χ2v) is 5.20. The molecule has 1 fully saturated rings. The van der Waals surface area contributed by atoms with E-state index in [1.165, 1.54) is 12.8 Å². The first kappa shape index (κ1) is 14.7. The van der Waals surface area contributed by atoms with Crippen LogP contribution in [0, 0.1) is 0 Å². The number of para-hydroxylation sites is 2. The summed E-state index contributed by atoms with van der Waals surface area (Å²) in [7, 11) is 2.10. The zero-order chi connectivity index (χ0) is 14.4. The van der Waals surface area contributed by atoms with Gasteiger partial charge in [0.1, 0.15) is 5.75 Å². The summed E-state index contributed by atoms with van der Waals surface area (Å²) in [6, 6.07) is 8.03. The fraction of sp³-hybridized carbons (Fsp3) is 0.533. The highest BCUT2D eigenvalue weighted by Crippen LogP contribution is 2.24. The van der Waals surface area contributed by atoms with Gasteiger partial charge in [-0.15, -0.1) is 0 Å². The molecule has 1 amide bonds. The number of benzene rings is 1. The van der Waals surface area contributed by atoms with Gasteiger partial charge in [-0.05, 0) is 32.0 Å². The average molecular weight is 277 g/mol. The van der Waals surface area contributed by atoms with E-state index >= 15 is 0 Å². The first-order chi connectivity index (χ1) is 9.66. The normalized spacial score (nSPS) is 14.3. The number of hydrogen-bond acceptors (Lipinski definition) is 4. The van der Waals surface area contributed by atoms with Crippen LogP contribution in [-0.2, 0) is 4.79 Å². The maximum atomic E-state index is 11.6. The van der Waals surface area contributed by atoms with Gasteiger partial charge in [-0.3, -0.25) is 4.79 Å². The first-order valence-electron chi connectivity index (χ1n) is 7.11. The zero-order valence-corrected chi connectivity index (χ0v) is 12.0. The van der Waals surface area contributed by atoms with E-state index in [-0.39, 0.29) is 5.91 Å². The van der Waals surface area contributed by atoms with Crippen LogP contribution < -0.4 is 15.8 Å². The van der Waals surface area contributed by atoms with Crippen molar-refractivity contribution < 1.29 is 9.53 Å². The number of nitrogen functional groups attached to an aromatic ring is 1. The Morgan fingerprint density at radius 3 is 2.90 bits per heavy atom. The number of anilines is 1. The fourth-order valence-electron chi connectivity index (χ4n) is 2.02. The first-order valence-corrected chi connectivity index (χ1v) is 7.11. The van der Waals surface area contributed by atoms with Gasteiger partial charge in [0, 0.05) is 19.1 Å². The van der Waals surface area contributed by atoms with Gasteiger partial charge >= 0.3 is 0 Å². The van der Waals surface area contributed by atoms with Gasteiger partial charge in [0.05, 0.1) is 18.7 Å². The third-order valence-electron chi connectivity index (χ3n) is 3.46. The highest BCUT2D eigenvalue weighted by Gasteiger charge is 2.25. The van der Waals surface area contributed by atoms with Gasteiger partial charge in [-0.25, -0.2) is 0 Å². The number of carbonyl (C=O) groups is 1. The highest BCUT2D eigenvalue weighted by atomic mass is 16.5. The summed E-state index contributed by atoms with van der Waals surface area (Å²) in [5, 5.41) is 2.91. The Hall–Kier alpha value is -1.75. The molecule has 1 aromatic carbocycles. The van der Waals surface area contributed by atoms with Crippen LogP contribution in [0.1, 0.15) is 19.3 Å². The van der Waals surface area contributed by atoms with E-state index in [9.17, 15) is 4.79 Å². The number of ether oxygens (including phenoxy) is 1. The van der Waals surface area contributed by atoms with E-state index in [0.29, 0.717) is 31.0 Å². The summed E-state index contributed by atoms with van der Waals surface area (Å²) in [4.78, 5) is 13.9. The Bertz CT molecular complexity index is 446. The van der Waals surface area contributed by atoms with Crippen LogP contribution in [0.5, 0.6) is 5.75 Å².